The molecule has 3 heterocycles. The Balaban J connectivity index is 1.47. The number of benzene rings is 1. The molecule has 0 bridgehead atoms. The number of allylic oxidation sites excluding steroid dienone is 1. The average Bonchev–Trinajstić information content (AvgIpc) is 3.42. The molecular formula is C26H32FN7. The molecule has 2 aromatic heterocycles. The van der Waals surface area contributed by atoms with Crippen molar-refractivity contribution in [2.24, 2.45) is 16.3 Å². The Kier molecular flexibility index (Phi) is 5.62. The van der Waals surface area contributed by atoms with Gasteiger partial charge in [-0.25, -0.2) is 19.0 Å². The van der Waals surface area contributed by atoms with Crippen molar-refractivity contribution in [1.29, 1.82) is 0 Å². The van der Waals surface area contributed by atoms with Crippen LogP contribution in [0.3, 0.4) is 0 Å². The fourth-order valence-corrected chi connectivity index (χ4v) is 4.83. The fourth-order valence-electron chi connectivity index (χ4n) is 4.83. The predicted molar refractivity (Wildman–Crippen MR) is 135 cm³/mol. The largest absolute Gasteiger partial charge is 0.383 e. The molecule has 0 unspecified atom stereocenters. The van der Waals surface area contributed by atoms with Gasteiger partial charge in [0.2, 0.25) is 0 Å². The maximum absolute atomic E-state index is 15.2. The van der Waals surface area contributed by atoms with E-state index >= 15 is 4.39 Å². The molecule has 0 atom stereocenters. The van der Waals surface area contributed by atoms with Gasteiger partial charge in [0.05, 0.1) is 23.7 Å². The van der Waals surface area contributed by atoms with Gasteiger partial charge in [-0.3, -0.25) is 4.99 Å². The van der Waals surface area contributed by atoms with E-state index in [4.69, 9.17) is 10.8 Å². The maximum atomic E-state index is 15.2. The Morgan fingerprint density at radius 3 is 2.56 bits per heavy atom. The van der Waals surface area contributed by atoms with Gasteiger partial charge < -0.3 is 11.1 Å². The number of aromatic nitrogens is 4. The number of hydrogen-bond acceptors (Lipinski definition) is 6. The number of nitrogens with zero attached hydrogens (tertiary/aromatic N) is 5. The molecule has 34 heavy (non-hydrogen) atoms. The minimum atomic E-state index is -0.354. The lowest BCUT2D eigenvalue weighted by atomic mass is 9.87. The Bertz CT molecular complexity index is 1290. The van der Waals surface area contributed by atoms with Crippen LogP contribution in [0.1, 0.15) is 59.4 Å². The first-order valence-electron chi connectivity index (χ1n) is 12.0. The second kappa shape index (κ2) is 8.49. The molecule has 2 aliphatic rings. The number of nitrogen functional groups attached to an aromatic ring is 1. The first kappa shape index (κ1) is 22.5. The Labute approximate surface area is 199 Å². The molecular weight excluding hydrogens is 429 g/mol. The van der Waals surface area contributed by atoms with Crippen LogP contribution in [-0.4, -0.2) is 32.0 Å². The van der Waals surface area contributed by atoms with E-state index in [9.17, 15) is 0 Å². The number of aliphatic imine (C=N–C) groups is 1. The van der Waals surface area contributed by atoms with Crippen molar-refractivity contribution >= 4 is 28.3 Å². The van der Waals surface area contributed by atoms with E-state index in [2.05, 4.69) is 48.0 Å². The summed E-state index contributed by atoms with van der Waals surface area (Å²) in [5.74, 6) is 0.736. The van der Waals surface area contributed by atoms with Crippen LogP contribution in [0.25, 0.3) is 22.3 Å². The maximum Gasteiger partial charge on any atom is 0.164 e. The van der Waals surface area contributed by atoms with Crippen LogP contribution < -0.4 is 11.1 Å². The van der Waals surface area contributed by atoms with Crippen LogP contribution in [0, 0.1) is 17.2 Å². The lowest BCUT2D eigenvalue weighted by Gasteiger charge is -2.26. The first-order chi connectivity index (χ1) is 16.2. The quantitative estimate of drug-likeness (QED) is 0.515. The molecule has 3 N–H and O–H groups in total. The Hall–Kier alpha value is -3.29. The van der Waals surface area contributed by atoms with Gasteiger partial charge in [0.25, 0.3) is 0 Å². The molecule has 1 aromatic carbocycles. The molecule has 0 radical (unpaired) electrons. The van der Waals surface area contributed by atoms with Crippen LogP contribution >= 0.6 is 0 Å². The van der Waals surface area contributed by atoms with Gasteiger partial charge in [0.1, 0.15) is 23.7 Å². The van der Waals surface area contributed by atoms with Crippen molar-refractivity contribution in [2.75, 3.05) is 17.6 Å². The van der Waals surface area contributed by atoms with Crippen molar-refractivity contribution < 1.29 is 4.39 Å². The smallest absolute Gasteiger partial charge is 0.164 e. The highest BCUT2D eigenvalue weighted by Gasteiger charge is 2.26. The van der Waals surface area contributed by atoms with Crippen LogP contribution in [0.15, 0.2) is 41.3 Å². The number of fused-ring (bicyclic) bond motifs is 1. The average molecular weight is 462 g/mol. The number of rotatable bonds is 4. The van der Waals surface area contributed by atoms with Crippen molar-refractivity contribution in [3.8, 4) is 11.3 Å². The zero-order chi connectivity index (χ0) is 24.0. The second-order valence-corrected chi connectivity index (χ2v) is 10.6. The third-order valence-electron chi connectivity index (χ3n) is 6.89. The molecule has 5 rings (SSSR count). The summed E-state index contributed by atoms with van der Waals surface area (Å²) < 4.78 is 17.2. The molecule has 1 fully saturated rings. The van der Waals surface area contributed by atoms with Gasteiger partial charge in [-0.1, -0.05) is 33.8 Å². The minimum Gasteiger partial charge on any atom is -0.383 e. The van der Waals surface area contributed by atoms with E-state index in [1.807, 2.05) is 16.8 Å². The summed E-state index contributed by atoms with van der Waals surface area (Å²) in [7, 11) is 0. The first-order valence-corrected chi connectivity index (χ1v) is 12.0. The summed E-state index contributed by atoms with van der Waals surface area (Å²) in [6, 6.07) is 5.38. The third-order valence-corrected chi connectivity index (χ3v) is 6.89. The lowest BCUT2D eigenvalue weighted by molar-refractivity contribution is 0.278. The van der Waals surface area contributed by atoms with E-state index < -0.39 is 0 Å². The monoisotopic (exact) mass is 461 g/mol. The zero-order valence-corrected chi connectivity index (χ0v) is 20.3. The molecule has 3 aromatic rings. The van der Waals surface area contributed by atoms with Crippen LogP contribution in [-0.2, 0) is 0 Å². The van der Waals surface area contributed by atoms with E-state index in [1.165, 1.54) is 12.4 Å². The van der Waals surface area contributed by atoms with Crippen molar-refractivity contribution in [3.05, 3.63) is 42.1 Å². The molecule has 1 saturated carbocycles. The second-order valence-electron chi connectivity index (χ2n) is 10.6. The molecule has 0 spiro atoms. The van der Waals surface area contributed by atoms with Crippen LogP contribution in [0.5, 0.6) is 0 Å². The summed E-state index contributed by atoms with van der Waals surface area (Å²) in [6.45, 7) is 9.17. The van der Waals surface area contributed by atoms with Crippen LogP contribution in [0.2, 0.25) is 0 Å². The Morgan fingerprint density at radius 1 is 1.12 bits per heavy atom. The SMILES string of the molecule is CC1CCC(n2nc(-c3ccc(NC4=CC(C(C)(C)C)=NC4)c(F)c3)c3c(N)ncnc32)CC1. The number of nitrogens with two attached hydrogens (primary N) is 1. The van der Waals surface area contributed by atoms with Crippen molar-refractivity contribution in [1.82, 2.24) is 19.7 Å². The number of hydrogen-bond donors (Lipinski definition) is 2. The number of nitrogens with one attached hydrogen (secondary N) is 1. The summed E-state index contributed by atoms with van der Waals surface area (Å²) in [5.41, 5.74) is 10.5. The molecule has 0 saturated heterocycles. The third kappa shape index (κ3) is 4.17. The highest BCUT2D eigenvalue weighted by molar-refractivity contribution is 6.02. The van der Waals surface area contributed by atoms with Crippen LogP contribution in [0.4, 0.5) is 15.9 Å². The molecule has 1 aliphatic heterocycles. The van der Waals surface area contributed by atoms with Gasteiger partial charge in [0, 0.05) is 22.4 Å². The number of anilines is 2. The van der Waals surface area contributed by atoms with Gasteiger partial charge >= 0.3 is 0 Å². The van der Waals surface area contributed by atoms with Gasteiger partial charge in [-0.15, -0.1) is 0 Å². The lowest BCUT2D eigenvalue weighted by Crippen LogP contribution is -2.18. The van der Waals surface area contributed by atoms with E-state index in [0.717, 1.165) is 43.0 Å². The normalized spacial score (nSPS) is 21.0. The topological polar surface area (TPSA) is 94.0 Å². The fraction of sp³-hybridized carbons (Fsp3) is 0.462. The highest BCUT2D eigenvalue weighted by Crippen LogP contribution is 2.38. The van der Waals surface area contributed by atoms with Gasteiger partial charge in [0.15, 0.2) is 5.65 Å². The Morgan fingerprint density at radius 2 is 1.88 bits per heavy atom. The van der Waals surface area contributed by atoms with Crippen molar-refractivity contribution in [3.63, 3.8) is 0 Å². The van der Waals surface area contributed by atoms with Gasteiger partial charge in [-0.05, 0) is 49.8 Å². The summed E-state index contributed by atoms with van der Waals surface area (Å²) in [4.78, 5) is 13.3. The molecule has 7 nitrogen and oxygen atoms in total. The highest BCUT2D eigenvalue weighted by atomic mass is 19.1. The molecule has 178 valence electrons. The standard InChI is InChI=1S/C26H32FN7/c1-15-5-8-18(9-6-15)34-25-22(24(28)30-14-31-25)23(33-34)16-7-10-20(19(27)11-16)32-17-12-21(29-13-17)26(2,3)4/h7,10-12,14-15,18,32H,5-6,8-9,13H2,1-4H3,(H2,28,30,31). The minimum absolute atomic E-state index is 0.0376. The molecule has 8 heteroatoms. The summed E-state index contributed by atoms with van der Waals surface area (Å²) >= 11 is 0. The summed E-state index contributed by atoms with van der Waals surface area (Å²) in [5, 5.41) is 8.78. The predicted octanol–water partition coefficient (Wildman–Crippen LogP) is 5.76. The van der Waals surface area contributed by atoms with E-state index in [0.29, 0.717) is 40.3 Å². The molecule has 0 amide bonds. The van der Waals surface area contributed by atoms with Gasteiger partial charge in [-0.2, -0.15) is 5.10 Å². The van der Waals surface area contributed by atoms with E-state index in [1.54, 1.807) is 6.07 Å². The summed E-state index contributed by atoms with van der Waals surface area (Å²) in [6.07, 6.45) is 7.90. The van der Waals surface area contributed by atoms with Crippen molar-refractivity contribution in [2.45, 2.75) is 59.4 Å². The van der Waals surface area contributed by atoms with E-state index in [-0.39, 0.29) is 17.3 Å². The molecule has 1 aliphatic carbocycles. The zero-order valence-electron chi connectivity index (χ0n) is 20.3. The number of halogens is 1.